The van der Waals surface area contributed by atoms with Crippen LogP contribution in [0.25, 0.3) is 0 Å². The second-order valence-electron chi connectivity index (χ2n) is 6.15. The number of aromatic amines is 1. The Morgan fingerprint density at radius 2 is 2.08 bits per heavy atom. The van der Waals surface area contributed by atoms with Gasteiger partial charge in [0.15, 0.2) is 0 Å². The minimum atomic E-state index is -0.826. The van der Waals surface area contributed by atoms with Gasteiger partial charge in [0.2, 0.25) is 5.91 Å². The average Bonchev–Trinajstić information content (AvgIpc) is 2.96. The zero-order chi connectivity index (χ0) is 16.9. The van der Waals surface area contributed by atoms with Gasteiger partial charge in [-0.05, 0) is 55.4 Å². The lowest BCUT2D eigenvalue weighted by molar-refractivity contribution is -0.137. The molecule has 0 bridgehead atoms. The van der Waals surface area contributed by atoms with Crippen LogP contribution < -0.4 is 5.32 Å². The number of aliphatic carboxylic acids is 1. The molecule has 24 heavy (non-hydrogen) atoms. The molecule has 0 fully saturated rings. The molecule has 0 atom stereocenters. The number of carboxylic acids is 1. The predicted octanol–water partition coefficient (Wildman–Crippen LogP) is 2.49. The first-order valence-corrected chi connectivity index (χ1v) is 8.27. The van der Waals surface area contributed by atoms with E-state index in [1.807, 2.05) is 24.3 Å². The second-order valence-corrected chi connectivity index (χ2v) is 6.15. The summed E-state index contributed by atoms with van der Waals surface area (Å²) in [5.41, 5.74) is 4.79. The Bertz CT molecular complexity index is 752. The van der Waals surface area contributed by atoms with Crippen molar-refractivity contribution in [2.75, 3.05) is 5.32 Å². The Labute approximate surface area is 140 Å². The van der Waals surface area contributed by atoms with Crippen LogP contribution in [0.1, 0.15) is 41.8 Å². The maximum Gasteiger partial charge on any atom is 0.303 e. The third-order valence-electron chi connectivity index (χ3n) is 4.31. The van der Waals surface area contributed by atoms with Gasteiger partial charge in [-0.3, -0.25) is 14.7 Å². The van der Waals surface area contributed by atoms with Crippen LogP contribution in [-0.4, -0.2) is 27.2 Å². The van der Waals surface area contributed by atoms with E-state index in [-0.39, 0.29) is 18.7 Å². The van der Waals surface area contributed by atoms with E-state index in [0.717, 1.165) is 30.5 Å². The number of aromatic nitrogens is 2. The van der Waals surface area contributed by atoms with Crippen LogP contribution in [0, 0.1) is 0 Å². The summed E-state index contributed by atoms with van der Waals surface area (Å²) in [5, 5.41) is 19.0. The molecule has 1 aliphatic rings. The summed E-state index contributed by atoms with van der Waals surface area (Å²) in [6, 6.07) is 7.31. The molecule has 0 saturated carbocycles. The van der Waals surface area contributed by atoms with Gasteiger partial charge in [0.05, 0.1) is 12.1 Å². The molecule has 1 aromatic heterocycles. The average molecular weight is 327 g/mol. The summed E-state index contributed by atoms with van der Waals surface area (Å²) >= 11 is 0. The van der Waals surface area contributed by atoms with Crippen molar-refractivity contribution in [3.05, 3.63) is 46.8 Å². The Morgan fingerprint density at radius 3 is 2.92 bits per heavy atom. The molecule has 1 amide bonds. The monoisotopic (exact) mass is 327 g/mol. The fourth-order valence-corrected chi connectivity index (χ4v) is 3.11. The highest BCUT2D eigenvalue weighted by Gasteiger charge is 2.18. The van der Waals surface area contributed by atoms with Crippen molar-refractivity contribution < 1.29 is 14.7 Å². The molecule has 6 heteroatoms. The van der Waals surface area contributed by atoms with Crippen molar-refractivity contribution in [2.24, 2.45) is 0 Å². The van der Waals surface area contributed by atoms with Crippen molar-refractivity contribution in [1.29, 1.82) is 0 Å². The summed E-state index contributed by atoms with van der Waals surface area (Å²) in [7, 11) is 0. The highest BCUT2D eigenvalue weighted by Crippen LogP contribution is 2.22. The SMILES string of the molecule is O=C(O)CCc1cccc(NC(=O)Cc2n[nH]c3c2CCCC3)c1. The van der Waals surface area contributed by atoms with Crippen LogP contribution >= 0.6 is 0 Å². The summed E-state index contributed by atoms with van der Waals surface area (Å²) in [6.07, 6.45) is 5.10. The number of nitrogens with one attached hydrogen (secondary N) is 2. The van der Waals surface area contributed by atoms with Gasteiger partial charge in [-0.15, -0.1) is 0 Å². The number of carboxylic acid groups (broad SMARTS) is 1. The van der Waals surface area contributed by atoms with Crippen molar-refractivity contribution >= 4 is 17.6 Å². The highest BCUT2D eigenvalue weighted by molar-refractivity contribution is 5.92. The first kappa shape index (κ1) is 16.2. The standard InChI is InChI=1S/C18H21N3O3/c22-17(11-16-14-6-1-2-7-15(14)20-21-16)19-13-5-3-4-12(10-13)8-9-18(23)24/h3-5,10H,1-2,6-9,11H2,(H,19,22)(H,20,21)(H,23,24). The highest BCUT2D eigenvalue weighted by atomic mass is 16.4. The molecule has 2 aromatic rings. The Kier molecular flexibility index (Phi) is 4.93. The van der Waals surface area contributed by atoms with Crippen LogP contribution in [0.5, 0.6) is 0 Å². The van der Waals surface area contributed by atoms with Crippen LogP contribution in [0.4, 0.5) is 5.69 Å². The molecule has 0 unspecified atom stereocenters. The number of fused-ring (bicyclic) bond motifs is 1. The first-order valence-electron chi connectivity index (χ1n) is 8.27. The van der Waals surface area contributed by atoms with E-state index in [2.05, 4.69) is 15.5 Å². The zero-order valence-corrected chi connectivity index (χ0v) is 13.5. The number of carbonyl (C=O) groups is 2. The lowest BCUT2D eigenvalue weighted by Gasteiger charge is -2.11. The molecular formula is C18H21N3O3. The number of H-pyrrole nitrogens is 1. The molecule has 3 N–H and O–H groups in total. The number of anilines is 1. The summed E-state index contributed by atoms with van der Waals surface area (Å²) in [5.74, 6) is -0.932. The Hall–Kier alpha value is -2.63. The largest absolute Gasteiger partial charge is 0.481 e. The minimum absolute atomic E-state index is 0.0802. The normalized spacial score (nSPS) is 13.3. The van der Waals surface area contributed by atoms with Gasteiger partial charge in [-0.2, -0.15) is 5.10 Å². The van der Waals surface area contributed by atoms with Crippen LogP contribution in [0.3, 0.4) is 0 Å². The maximum absolute atomic E-state index is 12.3. The molecule has 126 valence electrons. The van der Waals surface area contributed by atoms with Crippen molar-refractivity contribution in [3.63, 3.8) is 0 Å². The molecular weight excluding hydrogens is 306 g/mol. The van der Waals surface area contributed by atoms with E-state index in [9.17, 15) is 9.59 Å². The van der Waals surface area contributed by atoms with E-state index < -0.39 is 5.97 Å². The predicted molar refractivity (Wildman–Crippen MR) is 90.0 cm³/mol. The third kappa shape index (κ3) is 4.01. The van der Waals surface area contributed by atoms with Crippen LogP contribution in [0.15, 0.2) is 24.3 Å². The summed E-state index contributed by atoms with van der Waals surface area (Å²) in [4.78, 5) is 22.9. The quantitative estimate of drug-likeness (QED) is 0.759. The molecule has 0 spiro atoms. The molecule has 3 rings (SSSR count). The summed E-state index contributed by atoms with van der Waals surface area (Å²) < 4.78 is 0. The topological polar surface area (TPSA) is 95.1 Å². The van der Waals surface area contributed by atoms with E-state index in [1.54, 1.807) is 0 Å². The van der Waals surface area contributed by atoms with Crippen molar-refractivity contribution in [3.8, 4) is 0 Å². The zero-order valence-electron chi connectivity index (χ0n) is 13.5. The van der Waals surface area contributed by atoms with Gasteiger partial charge in [0.1, 0.15) is 0 Å². The smallest absolute Gasteiger partial charge is 0.303 e. The molecule has 0 aliphatic heterocycles. The number of nitrogens with zero attached hydrogens (tertiary/aromatic N) is 1. The molecule has 1 heterocycles. The lowest BCUT2D eigenvalue weighted by atomic mass is 9.95. The van der Waals surface area contributed by atoms with Gasteiger partial charge in [0, 0.05) is 17.8 Å². The molecule has 0 saturated heterocycles. The number of benzene rings is 1. The Morgan fingerprint density at radius 1 is 1.25 bits per heavy atom. The molecule has 1 aliphatic carbocycles. The number of amides is 1. The minimum Gasteiger partial charge on any atom is -0.481 e. The van der Waals surface area contributed by atoms with Gasteiger partial charge < -0.3 is 10.4 Å². The van der Waals surface area contributed by atoms with Crippen LogP contribution in [-0.2, 0) is 35.3 Å². The van der Waals surface area contributed by atoms with E-state index in [1.165, 1.54) is 17.7 Å². The fourth-order valence-electron chi connectivity index (χ4n) is 3.11. The summed E-state index contributed by atoms with van der Waals surface area (Å²) in [6.45, 7) is 0. The number of hydrogen-bond donors (Lipinski definition) is 3. The molecule has 0 radical (unpaired) electrons. The number of aryl methyl sites for hydroxylation is 2. The number of hydrogen-bond acceptors (Lipinski definition) is 3. The van der Waals surface area contributed by atoms with E-state index in [4.69, 9.17) is 5.11 Å². The number of rotatable bonds is 6. The third-order valence-corrected chi connectivity index (χ3v) is 4.31. The van der Waals surface area contributed by atoms with E-state index in [0.29, 0.717) is 12.1 Å². The van der Waals surface area contributed by atoms with Crippen molar-refractivity contribution in [1.82, 2.24) is 10.2 Å². The lowest BCUT2D eigenvalue weighted by Crippen LogP contribution is -2.16. The Balaban J connectivity index is 1.61. The second kappa shape index (κ2) is 7.29. The van der Waals surface area contributed by atoms with Crippen molar-refractivity contribution in [2.45, 2.75) is 44.9 Å². The molecule has 1 aromatic carbocycles. The van der Waals surface area contributed by atoms with Gasteiger partial charge in [-0.1, -0.05) is 12.1 Å². The van der Waals surface area contributed by atoms with Crippen LogP contribution in [0.2, 0.25) is 0 Å². The van der Waals surface area contributed by atoms with Gasteiger partial charge >= 0.3 is 5.97 Å². The fraction of sp³-hybridized carbons (Fsp3) is 0.389. The first-order chi connectivity index (χ1) is 11.6. The van der Waals surface area contributed by atoms with E-state index >= 15 is 0 Å². The van der Waals surface area contributed by atoms with Gasteiger partial charge in [-0.25, -0.2) is 0 Å². The molecule has 6 nitrogen and oxygen atoms in total. The maximum atomic E-state index is 12.3. The van der Waals surface area contributed by atoms with Gasteiger partial charge in [0.25, 0.3) is 0 Å². The number of carbonyl (C=O) groups excluding carboxylic acids is 1.